The van der Waals surface area contributed by atoms with Crippen molar-refractivity contribution in [1.82, 2.24) is 15.1 Å². The SMILES string of the molecule is CNC(=O)C(CCC=O)N1Cc2cc(C3=CCN(C(=O)OC(C)(C)C)CC3)ccc2C1=O. The van der Waals surface area contributed by atoms with Crippen molar-refractivity contribution in [3.05, 3.63) is 41.0 Å². The van der Waals surface area contributed by atoms with Gasteiger partial charge in [0.05, 0.1) is 0 Å². The van der Waals surface area contributed by atoms with Crippen LogP contribution in [0.2, 0.25) is 0 Å². The summed E-state index contributed by atoms with van der Waals surface area (Å²) in [6.45, 7) is 6.90. The third kappa shape index (κ3) is 5.18. The second kappa shape index (κ2) is 9.54. The Morgan fingerprint density at radius 2 is 2.03 bits per heavy atom. The number of hydrogen-bond donors (Lipinski definition) is 1. The van der Waals surface area contributed by atoms with E-state index in [0.29, 0.717) is 38.0 Å². The van der Waals surface area contributed by atoms with Crippen molar-refractivity contribution in [1.29, 1.82) is 0 Å². The van der Waals surface area contributed by atoms with E-state index in [2.05, 4.69) is 5.32 Å². The van der Waals surface area contributed by atoms with E-state index in [1.54, 1.807) is 11.0 Å². The molecule has 8 heteroatoms. The summed E-state index contributed by atoms with van der Waals surface area (Å²) in [5.41, 5.74) is 3.04. The molecular formula is C24H31N3O5. The summed E-state index contributed by atoms with van der Waals surface area (Å²) in [7, 11) is 1.53. The van der Waals surface area contributed by atoms with E-state index in [1.165, 1.54) is 11.9 Å². The Balaban J connectivity index is 1.74. The van der Waals surface area contributed by atoms with Crippen molar-refractivity contribution in [2.75, 3.05) is 20.1 Å². The molecular weight excluding hydrogens is 410 g/mol. The number of fused-ring (bicyclic) bond motifs is 1. The van der Waals surface area contributed by atoms with Crippen LogP contribution in [-0.2, 0) is 20.9 Å². The van der Waals surface area contributed by atoms with Gasteiger partial charge in [0, 0.05) is 38.7 Å². The highest BCUT2D eigenvalue weighted by Gasteiger charge is 2.36. The van der Waals surface area contributed by atoms with E-state index < -0.39 is 11.6 Å². The highest BCUT2D eigenvalue weighted by atomic mass is 16.6. The minimum absolute atomic E-state index is 0.195. The van der Waals surface area contributed by atoms with Gasteiger partial charge in [0.25, 0.3) is 5.91 Å². The molecule has 3 amide bonds. The summed E-state index contributed by atoms with van der Waals surface area (Å²) in [6.07, 6.45) is 3.65. The normalized spacial score (nSPS) is 16.9. The van der Waals surface area contributed by atoms with Crippen molar-refractivity contribution < 1.29 is 23.9 Å². The number of benzene rings is 1. The van der Waals surface area contributed by atoms with E-state index >= 15 is 0 Å². The van der Waals surface area contributed by atoms with Crippen LogP contribution in [0.15, 0.2) is 24.3 Å². The maximum atomic E-state index is 12.9. The summed E-state index contributed by atoms with van der Waals surface area (Å²) >= 11 is 0. The fraction of sp³-hybridized carbons (Fsp3) is 0.500. The lowest BCUT2D eigenvalue weighted by Crippen LogP contribution is -2.46. The molecule has 1 N–H and O–H groups in total. The van der Waals surface area contributed by atoms with Crippen LogP contribution in [-0.4, -0.2) is 65.8 Å². The molecule has 32 heavy (non-hydrogen) atoms. The number of carbonyl (C=O) groups excluding carboxylic acids is 4. The number of rotatable bonds is 6. The van der Waals surface area contributed by atoms with Gasteiger partial charge in [0.15, 0.2) is 0 Å². The van der Waals surface area contributed by atoms with Crippen LogP contribution < -0.4 is 5.32 Å². The fourth-order valence-corrected chi connectivity index (χ4v) is 4.04. The summed E-state index contributed by atoms with van der Waals surface area (Å²) in [5.74, 6) is -0.467. The first kappa shape index (κ1) is 23.5. The highest BCUT2D eigenvalue weighted by molar-refractivity contribution is 6.01. The van der Waals surface area contributed by atoms with Gasteiger partial charge in [-0.1, -0.05) is 12.1 Å². The molecule has 1 aromatic rings. The lowest BCUT2D eigenvalue weighted by Gasteiger charge is -2.29. The fourth-order valence-electron chi connectivity index (χ4n) is 4.04. The monoisotopic (exact) mass is 441 g/mol. The molecule has 2 aliphatic heterocycles. The standard InChI is InChI=1S/C24H31N3O5/c1-24(2,3)32-23(31)26-11-9-16(10-12-26)17-7-8-19-18(14-17)15-27(22(19)30)20(6-5-13-28)21(29)25-4/h7-9,13-14,20H,5-6,10-12,15H2,1-4H3,(H,25,29). The number of nitrogens with one attached hydrogen (secondary N) is 1. The van der Waals surface area contributed by atoms with Gasteiger partial charge in [-0.15, -0.1) is 0 Å². The molecule has 0 fully saturated rings. The van der Waals surface area contributed by atoms with Gasteiger partial charge in [0.1, 0.15) is 17.9 Å². The number of ether oxygens (including phenoxy) is 1. The number of likely N-dealkylation sites (N-methyl/N-ethyl adjacent to an activating group) is 1. The first-order valence-electron chi connectivity index (χ1n) is 10.9. The predicted molar refractivity (Wildman–Crippen MR) is 120 cm³/mol. The minimum atomic E-state index is -0.676. The van der Waals surface area contributed by atoms with Crippen molar-refractivity contribution in [3.8, 4) is 0 Å². The Morgan fingerprint density at radius 3 is 2.62 bits per heavy atom. The Kier molecular flexibility index (Phi) is 7.01. The zero-order valence-corrected chi connectivity index (χ0v) is 19.1. The molecule has 1 aromatic carbocycles. The summed E-state index contributed by atoms with van der Waals surface area (Å²) in [4.78, 5) is 51.5. The van der Waals surface area contributed by atoms with E-state index in [9.17, 15) is 19.2 Å². The van der Waals surface area contributed by atoms with Crippen molar-refractivity contribution in [3.63, 3.8) is 0 Å². The third-order valence-electron chi connectivity index (χ3n) is 5.65. The smallest absolute Gasteiger partial charge is 0.410 e. The zero-order valence-electron chi connectivity index (χ0n) is 19.1. The van der Waals surface area contributed by atoms with E-state index in [4.69, 9.17) is 4.74 Å². The maximum Gasteiger partial charge on any atom is 0.410 e. The second-order valence-electron chi connectivity index (χ2n) is 9.08. The Labute approximate surface area is 188 Å². The largest absolute Gasteiger partial charge is 0.444 e. The topological polar surface area (TPSA) is 96.0 Å². The molecule has 172 valence electrons. The molecule has 0 aromatic heterocycles. The second-order valence-corrected chi connectivity index (χ2v) is 9.08. The molecule has 2 heterocycles. The average Bonchev–Trinajstić information content (AvgIpc) is 3.08. The van der Waals surface area contributed by atoms with Crippen LogP contribution in [0, 0.1) is 0 Å². The maximum absolute atomic E-state index is 12.9. The average molecular weight is 442 g/mol. The molecule has 0 spiro atoms. The van der Waals surface area contributed by atoms with E-state index in [1.807, 2.05) is 39.0 Å². The first-order valence-corrected chi connectivity index (χ1v) is 10.9. The van der Waals surface area contributed by atoms with Gasteiger partial charge in [-0.25, -0.2) is 4.79 Å². The first-order chi connectivity index (χ1) is 15.1. The van der Waals surface area contributed by atoms with Gasteiger partial charge in [0.2, 0.25) is 5.91 Å². The van der Waals surface area contributed by atoms with Gasteiger partial charge < -0.3 is 24.6 Å². The highest BCUT2D eigenvalue weighted by Crippen LogP contribution is 2.31. The van der Waals surface area contributed by atoms with Crippen LogP contribution in [0.1, 0.15) is 61.5 Å². The Hall–Kier alpha value is -3.16. The number of aldehydes is 1. The molecule has 1 unspecified atom stereocenters. The van der Waals surface area contributed by atoms with Crippen LogP contribution >= 0.6 is 0 Å². The van der Waals surface area contributed by atoms with Crippen LogP contribution in [0.25, 0.3) is 5.57 Å². The van der Waals surface area contributed by atoms with Gasteiger partial charge >= 0.3 is 6.09 Å². The van der Waals surface area contributed by atoms with Crippen LogP contribution in [0.3, 0.4) is 0 Å². The van der Waals surface area contributed by atoms with Gasteiger partial charge in [-0.05, 0) is 62.4 Å². The third-order valence-corrected chi connectivity index (χ3v) is 5.65. The molecule has 0 saturated carbocycles. The van der Waals surface area contributed by atoms with Crippen LogP contribution in [0.4, 0.5) is 4.79 Å². The lowest BCUT2D eigenvalue weighted by molar-refractivity contribution is -0.125. The number of hydrogen-bond acceptors (Lipinski definition) is 5. The van der Waals surface area contributed by atoms with Crippen molar-refractivity contribution >= 4 is 29.8 Å². The van der Waals surface area contributed by atoms with Crippen molar-refractivity contribution in [2.24, 2.45) is 0 Å². The Morgan fingerprint density at radius 1 is 1.28 bits per heavy atom. The molecule has 8 nitrogen and oxygen atoms in total. The van der Waals surface area contributed by atoms with Crippen LogP contribution in [0.5, 0.6) is 0 Å². The molecule has 0 bridgehead atoms. The minimum Gasteiger partial charge on any atom is -0.444 e. The molecule has 2 aliphatic rings. The lowest BCUT2D eigenvalue weighted by atomic mass is 9.96. The summed E-state index contributed by atoms with van der Waals surface area (Å²) in [6, 6.07) is 5.03. The summed E-state index contributed by atoms with van der Waals surface area (Å²) in [5, 5.41) is 2.59. The number of amides is 3. The molecule has 0 aliphatic carbocycles. The zero-order chi connectivity index (χ0) is 23.5. The van der Waals surface area contributed by atoms with E-state index in [-0.39, 0.29) is 24.3 Å². The predicted octanol–water partition coefficient (Wildman–Crippen LogP) is 2.76. The molecule has 3 rings (SSSR count). The van der Waals surface area contributed by atoms with Crippen molar-refractivity contribution in [2.45, 2.75) is 58.2 Å². The number of carbonyl (C=O) groups is 4. The summed E-state index contributed by atoms with van der Waals surface area (Å²) < 4.78 is 5.44. The quantitative estimate of drug-likeness (QED) is 0.685. The van der Waals surface area contributed by atoms with Gasteiger partial charge in [-0.3, -0.25) is 9.59 Å². The molecule has 0 saturated heterocycles. The molecule has 0 radical (unpaired) electrons. The van der Waals surface area contributed by atoms with Gasteiger partial charge in [-0.2, -0.15) is 0 Å². The Bertz CT molecular complexity index is 947. The van der Waals surface area contributed by atoms with E-state index in [0.717, 1.165) is 23.0 Å². The molecule has 1 atom stereocenters. The number of nitrogens with zero attached hydrogens (tertiary/aromatic N) is 2.